The molecule has 2 heterocycles. The van der Waals surface area contributed by atoms with Crippen LogP contribution >= 0.6 is 11.6 Å². The van der Waals surface area contributed by atoms with Crippen molar-refractivity contribution in [3.63, 3.8) is 0 Å². The number of para-hydroxylation sites is 1. The fourth-order valence-corrected chi connectivity index (χ4v) is 3.96. The Morgan fingerprint density at radius 1 is 1.11 bits per heavy atom. The first-order chi connectivity index (χ1) is 13.2. The van der Waals surface area contributed by atoms with E-state index < -0.39 is 0 Å². The Morgan fingerprint density at radius 3 is 2.74 bits per heavy atom. The van der Waals surface area contributed by atoms with Crippen molar-refractivity contribution in [1.82, 2.24) is 10.2 Å². The summed E-state index contributed by atoms with van der Waals surface area (Å²) in [7, 11) is 0. The zero-order valence-corrected chi connectivity index (χ0v) is 16.0. The van der Waals surface area contributed by atoms with Crippen LogP contribution in [0.4, 0.5) is 5.69 Å². The molecular weight excluding hydrogens is 362 g/mol. The Balaban J connectivity index is 1.29. The number of carbonyl (C=O) groups excluding carboxylic acids is 1. The second-order valence-electron chi connectivity index (χ2n) is 7.04. The fourth-order valence-electron chi connectivity index (χ4n) is 3.77. The van der Waals surface area contributed by atoms with Crippen LogP contribution in [0.25, 0.3) is 0 Å². The van der Waals surface area contributed by atoms with Crippen molar-refractivity contribution in [3.8, 4) is 5.75 Å². The van der Waals surface area contributed by atoms with Crippen LogP contribution < -0.4 is 15.0 Å². The van der Waals surface area contributed by atoms with Gasteiger partial charge in [-0.3, -0.25) is 9.69 Å². The van der Waals surface area contributed by atoms with E-state index in [-0.39, 0.29) is 11.9 Å². The van der Waals surface area contributed by atoms with Crippen LogP contribution in [-0.2, 0) is 4.79 Å². The van der Waals surface area contributed by atoms with E-state index in [0.717, 1.165) is 54.6 Å². The second kappa shape index (κ2) is 8.19. The number of anilines is 1. The van der Waals surface area contributed by atoms with Gasteiger partial charge < -0.3 is 15.0 Å². The summed E-state index contributed by atoms with van der Waals surface area (Å²) in [5.41, 5.74) is 2.22. The van der Waals surface area contributed by atoms with Crippen LogP contribution in [-0.4, -0.2) is 50.1 Å². The van der Waals surface area contributed by atoms with Crippen LogP contribution in [0.2, 0.25) is 5.02 Å². The van der Waals surface area contributed by atoms with Gasteiger partial charge in [0, 0.05) is 48.9 Å². The highest BCUT2D eigenvalue weighted by molar-refractivity contribution is 6.30. The van der Waals surface area contributed by atoms with E-state index in [9.17, 15) is 4.79 Å². The molecule has 0 aromatic heterocycles. The molecule has 5 nitrogen and oxygen atoms in total. The van der Waals surface area contributed by atoms with Gasteiger partial charge in [-0.15, -0.1) is 0 Å². The number of halogens is 1. The largest absolute Gasteiger partial charge is 0.493 e. The summed E-state index contributed by atoms with van der Waals surface area (Å²) >= 11 is 6.09. The molecule has 1 saturated heterocycles. The van der Waals surface area contributed by atoms with Crippen LogP contribution in [0.5, 0.6) is 5.75 Å². The number of nitrogens with one attached hydrogen (secondary N) is 1. The Kier molecular flexibility index (Phi) is 5.50. The molecule has 0 saturated carbocycles. The average Bonchev–Trinajstić information content (AvgIpc) is 2.69. The number of rotatable bonds is 4. The van der Waals surface area contributed by atoms with Crippen LogP contribution in [0.15, 0.2) is 48.5 Å². The van der Waals surface area contributed by atoms with E-state index in [4.69, 9.17) is 16.3 Å². The van der Waals surface area contributed by atoms with Crippen LogP contribution in [0.1, 0.15) is 18.0 Å². The third-order valence-corrected chi connectivity index (χ3v) is 5.44. The van der Waals surface area contributed by atoms with Gasteiger partial charge in [0.15, 0.2) is 0 Å². The van der Waals surface area contributed by atoms with Crippen molar-refractivity contribution in [2.45, 2.75) is 12.5 Å². The van der Waals surface area contributed by atoms with Gasteiger partial charge in [0.05, 0.1) is 19.2 Å². The first kappa shape index (κ1) is 18.1. The highest BCUT2D eigenvalue weighted by Gasteiger charge is 2.24. The van der Waals surface area contributed by atoms with E-state index in [0.29, 0.717) is 13.2 Å². The SMILES string of the molecule is O=C(CN1CCN(c2cccc(Cl)c2)CC1)N[C@@H]1CCOc2ccccc21. The third-order valence-electron chi connectivity index (χ3n) is 5.21. The lowest BCUT2D eigenvalue weighted by Gasteiger charge is -2.36. The lowest BCUT2D eigenvalue weighted by atomic mass is 10.0. The van der Waals surface area contributed by atoms with Gasteiger partial charge in [0.1, 0.15) is 5.75 Å². The summed E-state index contributed by atoms with van der Waals surface area (Å²) in [5, 5.41) is 3.94. The third kappa shape index (κ3) is 4.37. The van der Waals surface area contributed by atoms with E-state index in [1.54, 1.807) is 0 Å². The fraction of sp³-hybridized carbons (Fsp3) is 0.381. The number of amides is 1. The van der Waals surface area contributed by atoms with Gasteiger partial charge in [-0.2, -0.15) is 0 Å². The number of benzene rings is 2. The summed E-state index contributed by atoms with van der Waals surface area (Å²) in [5.74, 6) is 0.956. The van der Waals surface area contributed by atoms with Gasteiger partial charge in [-0.05, 0) is 24.3 Å². The summed E-state index contributed by atoms with van der Waals surface area (Å²) in [6, 6.07) is 15.9. The molecule has 2 aliphatic rings. The number of nitrogens with zero attached hydrogens (tertiary/aromatic N) is 2. The zero-order valence-electron chi connectivity index (χ0n) is 15.2. The normalized spacial score (nSPS) is 19.9. The van der Waals surface area contributed by atoms with E-state index in [2.05, 4.69) is 21.2 Å². The summed E-state index contributed by atoms with van der Waals surface area (Å²) in [6.45, 7) is 4.60. The summed E-state index contributed by atoms with van der Waals surface area (Å²) in [4.78, 5) is 17.1. The monoisotopic (exact) mass is 385 g/mol. The molecule has 1 amide bonds. The van der Waals surface area contributed by atoms with Gasteiger partial charge in [-0.1, -0.05) is 35.9 Å². The van der Waals surface area contributed by atoms with Gasteiger partial charge >= 0.3 is 0 Å². The molecule has 0 bridgehead atoms. The summed E-state index contributed by atoms with van der Waals surface area (Å²) < 4.78 is 5.67. The molecular formula is C21H24ClN3O2. The number of carbonyl (C=O) groups is 1. The lowest BCUT2D eigenvalue weighted by molar-refractivity contribution is -0.123. The molecule has 2 aromatic carbocycles. The van der Waals surface area contributed by atoms with Crippen molar-refractivity contribution < 1.29 is 9.53 Å². The standard InChI is InChI=1S/C21H24ClN3O2/c22-16-4-3-5-17(14-16)25-11-9-24(10-12-25)15-21(26)23-19-8-13-27-20-7-2-1-6-18(19)20/h1-7,14,19H,8-13,15H2,(H,23,26)/t19-/m1/s1. The number of fused-ring (bicyclic) bond motifs is 1. The summed E-state index contributed by atoms with van der Waals surface area (Å²) in [6.07, 6.45) is 0.811. The zero-order chi connectivity index (χ0) is 18.6. The van der Waals surface area contributed by atoms with Crippen molar-refractivity contribution in [3.05, 3.63) is 59.1 Å². The Bertz CT molecular complexity index is 806. The van der Waals surface area contributed by atoms with E-state index >= 15 is 0 Å². The molecule has 27 heavy (non-hydrogen) atoms. The minimum absolute atomic E-state index is 0.0372. The highest BCUT2D eigenvalue weighted by Crippen LogP contribution is 2.31. The molecule has 4 rings (SSSR count). The van der Waals surface area contributed by atoms with Gasteiger partial charge in [-0.25, -0.2) is 0 Å². The maximum atomic E-state index is 12.6. The van der Waals surface area contributed by atoms with Crippen molar-refractivity contribution in [2.24, 2.45) is 0 Å². The Labute approximate surface area is 164 Å². The minimum atomic E-state index is 0.0372. The molecule has 1 atom stereocenters. The first-order valence-corrected chi connectivity index (χ1v) is 9.81. The quantitative estimate of drug-likeness (QED) is 0.878. The highest BCUT2D eigenvalue weighted by atomic mass is 35.5. The molecule has 0 radical (unpaired) electrons. The predicted molar refractivity (Wildman–Crippen MR) is 108 cm³/mol. The van der Waals surface area contributed by atoms with Gasteiger partial charge in [0.2, 0.25) is 5.91 Å². The maximum absolute atomic E-state index is 12.6. The first-order valence-electron chi connectivity index (χ1n) is 9.43. The maximum Gasteiger partial charge on any atom is 0.234 e. The van der Waals surface area contributed by atoms with Crippen LogP contribution in [0, 0.1) is 0 Å². The van der Waals surface area contributed by atoms with E-state index in [1.807, 2.05) is 42.5 Å². The van der Waals surface area contributed by atoms with Crippen molar-refractivity contribution in [1.29, 1.82) is 0 Å². The average molecular weight is 386 g/mol. The minimum Gasteiger partial charge on any atom is -0.493 e. The smallest absolute Gasteiger partial charge is 0.234 e. The number of piperazine rings is 1. The number of ether oxygens (including phenoxy) is 1. The number of hydrogen-bond donors (Lipinski definition) is 1. The molecule has 2 aliphatic heterocycles. The predicted octanol–water partition coefficient (Wildman–Crippen LogP) is 3.10. The number of hydrogen-bond acceptors (Lipinski definition) is 4. The second-order valence-corrected chi connectivity index (χ2v) is 7.47. The molecule has 6 heteroatoms. The van der Waals surface area contributed by atoms with E-state index in [1.165, 1.54) is 0 Å². The van der Waals surface area contributed by atoms with Gasteiger partial charge in [0.25, 0.3) is 0 Å². The molecule has 0 aliphatic carbocycles. The molecule has 1 fully saturated rings. The molecule has 142 valence electrons. The molecule has 0 unspecified atom stereocenters. The molecule has 0 spiro atoms. The lowest BCUT2D eigenvalue weighted by Crippen LogP contribution is -2.50. The molecule has 2 aromatic rings. The topological polar surface area (TPSA) is 44.8 Å². The molecule has 1 N–H and O–H groups in total. The van der Waals surface area contributed by atoms with Crippen molar-refractivity contribution >= 4 is 23.2 Å². The van der Waals surface area contributed by atoms with Crippen molar-refractivity contribution in [2.75, 3.05) is 44.2 Å². The Hall–Kier alpha value is -2.24. The van der Waals surface area contributed by atoms with Crippen LogP contribution in [0.3, 0.4) is 0 Å². The Morgan fingerprint density at radius 2 is 1.93 bits per heavy atom.